The van der Waals surface area contributed by atoms with Crippen LogP contribution in [0.25, 0.3) is 10.8 Å². The first kappa shape index (κ1) is 15.8. The van der Waals surface area contributed by atoms with E-state index in [1.54, 1.807) is 6.20 Å². The average molecular weight is 331 g/mol. The van der Waals surface area contributed by atoms with Crippen molar-refractivity contribution >= 4 is 16.7 Å². The molecule has 1 aliphatic rings. The standard InChI is InChI=1S/C21H21N3O/c25-21(20-9-3-7-18-6-1-2-8-19(18)20)24-13-11-23(12-14-24)16-17-5-4-10-22-15-17/h1-10,15H,11-14,16H2. The number of amides is 1. The number of pyridine rings is 1. The minimum absolute atomic E-state index is 0.137. The van der Waals surface area contributed by atoms with Crippen molar-refractivity contribution in [1.29, 1.82) is 0 Å². The molecule has 1 fully saturated rings. The average Bonchev–Trinajstić information content (AvgIpc) is 2.68. The highest BCUT2D eigenvalue weighted by molar-refractivity contribution is 6.07. The van der Waals surface area contributed by atoms with Crippen LogP contribution in [0.15, 0.2) is 67.0 Å². The van der Waals surface area contributed by atoms with Crippen LogP contribution in [0.4, 0.5) is 0 Å². The lowest BCUT2D eigenvalue weighted by atomic mass is 10.0. The van der Waals surface area contributed by atoms with Gasteiger partial charge in [0.15, 0.2) is 0 Å². The van der Waals surface area contributed by atoms with Crippen LogP contribution in [0.5, 0.6) is 0 Å². The molecule has 0 aliphatic carbocycles. The number of carbonyl (C=O) groups is 1. The van der Waals surface area contributed by atoms with Gasteiger partial charge in [-0.3, -0.25) is 14.7 Å². The fourth-order valence-corrected chi connectivity index (χ4v) is 3.44. The van der Waals surface area contributed by atoms with Gasteiger partial charge in [0, 0.05) is 50.7 Å². The first-order valence-corrected chi connectivity index (χ1v) is 8.69. The van der Waals surface area contributed by atoms with E-state index in [1.807, 2.05) is 47.5 Å². The molecule has 4 rings (SSSR count). The molecule has 1 aromatic heterocycles. The molecule has 0 spiro atoms. The highest BCUT2D eigenvalue weighted by Crippen LogP contribution is 2.21. The second-order valence-electron chi connectivity index (χ2n) is 6.46. The predicted molar refractivity (Wildman–Crippen MR) is 99.4 cm³/mol. The molecule has 0 bridgehead atoms. The van der Waals surface area contributed by atoms with Crippen LogP contribution in [0.1, 0.15) is 15.9 Å². The fourth-order valence-electron chi connectivity index (χ4n) is 3.44. The van der Waals surface area contributed by atoms with Gasteiger partial charge in [-0.05, 0) is 28.5 Å². The van der Waals surface area contributed by atoms with Crippen LogP contribution in [0, 0.1) is 0 Å². The second-order valence-corrected chi connectivity index (χ2v) is 6.46. The van der Waals surface area contributed by atoms with E-state index in [2.05, 4.69) is 28.1 Å². The van der Waals surface area contributed by atoms with Gasteiger partial charge in [-0.1, -0.05) is 42.5 Å². The Morgan fingerprint density at radius 1 is 0.920 bits per heavy atom. The largest absolute Gasteiger partial charge is 0.336 e. The van der Waals surface area contributed by atoms with Crippen LogP contribution in [0.2, 0.25) is 0 Å². The quantitative estimate of drug-likeness (QED) is 0.739. The number of fused-ring (bicyclic) bond motifs is 1. The summed E-state index contributed by atoms with van der Waals surface area (Å²) in [4.78, 5) is 21.5. The summed E-state index contributed by atoms with van der Waals surface area (Å²) in [6, 6.07) is 18.1. The number of hydrogen-bond acceptors (Lipinski definition) is 3. The molecule has 0 N–H and O–H groups in total. The van der Waals surface area contributed by atoms with E-state index in [0.717, 1.165) is 49.1 Å². The van der Waals surface area contributed by atoms with Gasteiger partial charge in [-0.25, -0.2) is 0 Å². The molecule has 126 valence electrons. The monoisotopic (exact) mass is 331 g/mol. The number of aromatic nitrogens is 1. The Labute approximate surface area is 147 Å². The third kappa shape index (κ3) is 3.39. The summed E-state index contributed by atoms with van der Waals surface area (Å²) in [6.07, 6.45) is 3.71. The molecule has 25 heavy (non-hydrogen) atoms. The lowest BCUT2D eigenvalue weighted by Gasteiger charge is -2.35. The van der Waals surface area contributed by atoms with E-state index in [-0.39, 0.29) is 5.91 Å². The lowest BCUT2D eigenvalue weighted by Crippen LogP contribution is -2.48. The Hall–Kier alpha value is -2.72. The highest BCUT2D eigenvalue weighted by atomic mass is 16.2. The van der Waals surface area contributed by atoms with Crippen molar-refractivity contribution in [2.24, 2.45) is 0 Å². The third-order valence-corrected chi connectivity index (χ3v) is 4.81. The molecule has 0 atom stereocenters. The van der Waals surface area contributed by atoms with E-state index >= 15 is 0 Å². The van der Waals surface area contributed by atoms with Gasteiger partial charge in [0.25, 0.3) is 5.91 Å². The summed E-state index contributed by atoms with van der Waals surface area (Å²) in [5.41, 5.74) is 2.02. The zero-order chi connectivity index (χ0) is 17.1. The highest BCUT2D eigenvalue weighted by Gasteiger charge is 2.23. The predicted octanol–water partition coefficient (Wildman–Crippen LogP) is 3.19. The molecular formula is C21H21N3O. The van der Waals surface area contributed by atoms with Gasteiger partial charge in [0.1, 0.15) is 0 Å². The summed E-state index contributed by atoms with van der Waals surface area (Å²) in [7, 11) is 0. The van der Waals surface area contributed by atoms with Crippen molar-refractivity contribution in [2.45, 2.75) is 6.54 Å². The van der Waals surface area contributed by atoms with E-state index < -0.39 is 0 Å². The van der Waals surface area contributed by atoms with Gasteiger partial charge < -0.3 is 4.90 Å². The van der Waals surface area contributed by atoms with Gasteiger partial charge >= 0.3 is 0 Å². The lowest BCUT2D eigenvalue weighted by molar-refractivity contribution is 0.0630. The van der Waals surface area contributed by atoms with Gasteiger partial charge in [-0.15, -0.1) is 0 Å². The number of hydrogen-bond donors (Lipinski definition) is 0. The summed E-state index contributed by atoms with van der Waals surface area (Å²) < 4.78 is 0. The Morgan fingerprint density at radius 2 is 1.72 bits per heavy atom. The number of rotatable bonds is 3. The molecule has 1 amide bonds. The van der Waals surface area contributed by atoms with Crippen molar-refractivity contribution in [3.05, 3.63) is 78.1 Å². The first-order valence-electron chi connectivity index (χ1n) is 8.69. The van der Waals surface area contributed by atoms with Gasteiger partial charge in [0.2, 0.25) is 0 Å². The third-order valence-electron chi connectivity index (χ3n) is 4.81. The van der Waals surface area contributed by atoms with Crippen molar-refractivity contribution in [3.8, 4) is 0 Å². The maximum Gasteiger partial charge on any atom is 0.254 e. The maximum atomic E-state index is 13.0. The zero-order valence-corrected chi connectivity index (χ0v) is 14.1. The van der Waals surface area contributed by atoms with Gasteiger partial charge in [0.05, 0.1) is 0 Å². The number of benzene rings is 2. The number of carbonyl (C=O) groups excluding carboxylic acids is 1. The minimum Gasteiger partial charge on any atom is -0.336 e. The molecule has 3 aromatic rings. The number of piperazine rings is 1. The molecule has 4 heteroatoms. The Balaban J connectivity index is 1.44. The number of nitrogens with zero attached hydrogens (tertiary/aromatic N) is 3. The Bertz CT molecular complexity index is 865. The zero-order valence-electron chi connectivity index (χ0n) is 14.1. The van der Waals surface area contributed by atoms with Crippen LogP contribution in [-0.4, -0.2) is 46.9 Å². The van der Waals surface area contributed by atoms with E-state index in [1.165, 1.54) is 5.56 Å². The maximum absolute atomic E-state index is 13.0. The van der Waals surface area contributed by atoms with Crippen LogP contribution in [0.3, 0.4) is 0 Å². The van der Waals surface area contributed by atoms with E-state index in [9.17, 15) is 4.79 Å². The molecule has 1 aliphatic heterocycles. The van der Waals surface area contributed by atoms with Crippen LogP contribution >= 0.6 is 0 Å². The van der Waals surface area contributed by atoms with Crippen LogP contribution < -0.4 is 0 Å². The van der Waals surface area contributed by atoms with Crippen molar-refractivity contribution in [2.75, 3.05) is 26.2 Å². The van der Waals surface area contributed by atoms with E-state index in [4.69, 9.17) is 0 Å². The molecule has 0 unspecified atom stereocenters. The van der Waals surface area contributed by atoms with Crippen LogP contribution in [-0.2, 0) is 6.54 Å². The summed E-state index contributed by atoms with van der Waals surface area (Å²) in [5.74, 6) is 0.137. The van der Waals surface area contributed by atoms with Crippen molar-refractivity contribution < 1.29 is 4.79 Å². The minimum atomic E-state index is 0.137. The molecule has 2 aromatic carbocycles. The Kier molecular flexibility index (Phi) is 4.44. The van der Waals surface area contributed by atoms with Crippen molar-refractivity contribution in [1.82, 2.24) is 14.8 Å². The van der Waals surface area contributed by atoms with E-state index in [0.29, 0.717) is 0 Å². The molecule has 4 nitrogen and oxygen atoms in total. The summed E-state index contributed by atoms with van der Waals surface area (Å²) in [5, 5.41) is 2.15. The molecule has 1 saturated heterocycles. The molecule has 2 heterocycles. The fraction of sp³-hybridized carbons (Fsp3) is 0.238. The van der Waals surface area contributed by atoms with Gasteiger partial charge in [-0.2, -0.15) is 0 Å². The summed E-state index contributed by atoms with van der Waals surface area (Å²) in [6.45, 7) is 4.21. The normalized spacial score (nSPS) is 15.4. The molecular weight excluding hydrogens is 310 g/mol. The smallest absolute Gasteiger partial charge is 0.254 e. The first-order chi connectivity index (χ1) is 12.3. The van der Waals surface area contributed by atoms with Crippen molar-refractivity contribution in [3.63, 3.8) is 0 Å². The Morgan fingerprint density at radius 3 is 2.52 bits per heavy atom. The molecule has 0 radical (unpaired) electrons. The second kappa shape index (κ2) is 7.03. The summed E-state index contributed by atoms with van der Waals surface area (Å²) >= 11 is 0. The SMILES string of the molecule is O=C(c1cccc2ccccc12)N1CCN(Cc2cccnc2)CC1. The topological polar surface area (TPSA) is 36.4 Å². The molecule has 0 saturated carbocycles.